The lowest BCUT2D eigenvalue weighted by molar-refractivity contribution is 0.105. The van der Waals surface area contributed by atoms with Crippen molar-refractivity contribution in [3.05, 3.63) is 23.8 Å². The van der Waals surface area contributed by atoms with Crippen LogP contribution in [0.3, 0.4) is 0 Å². The fraction of sp³-hybridized carbons (Fsp3) is 0.611. The van der Waals surface area contributed by atoms with Crippen molar-refractivity contribution in [3.8, 4) is 6.07 Å². The average Bonchev–Trinajstić information content (AvgIpc) is 2.29. The second-order valence-electron chi connectivity index (χ2n) is 8.00. The maximum Gasteiger partial charge on any atom is 0.0670 e. The number of benzene rings is 1. The van der Waals surface area contributed by atoms with Gasteiger partial charge in [0.25, 0.3) is 0 Å². The highest BCUT2D eigenvalue weighted by Gasteiger charge is 2.38. The van der Waals surface area contributed by atoms with Gasteiger partial charge in [0.2, 0.25) is 0 Å². The molecule has 3 N–H and O–H groups in total. The molecule has 1 fully saturated rings. The molecule has 0 atom stereocenters. The minimum absolute atomic E-state index is 0.364. The van der Waals surface area contributed by atoms with E-state index in [9.17, 15) is 0 Å². The topological polar surface area (TPSA) is 61.8 Å². The zero-order valence-corrected chi connectivity index (χ0v) is 13.7. The van der Waals surface area contributed by atoms with Gasteiger partial charge in [0.05, 0.1) is 12.5 Å². The molecule has 1 saturated carbocycles. The molecule has 1 aromatic carbocycles. The first-order chi connectivity index (χ1) is 9.71. The van der Waals surface area contributed by atoms with E-state index in [4.69, 9.17) is 11.0 Å². The second-order valence-corrected chi connectivity index (χ2v) is 8.00. The van der Waals surface area contributed by atoms with Crippen molar-refractivity contribution in [2.45, 2.75) is 59.4 Å². The normalized spacial score (nSPS) is 20.7. The third-order valence-corrected chi connectivity index (χ3v) is 4.34. The number of nitrogens with two attached hydrogens (primary N) is 1. The Morgan fingerprint density at radius 3 is 2.43 bits per heavy atom. The summed E-state index contributed by atoms with van der Waals surface area (Å²) < 4.78 is 0. The van der Waals surface area contributed by atoms with Gasteiger partial charge in [0, 0.05) is 17.4 Å². The van der Waals surface area contributed by atoms with Crippen LogP contribution in [0.25, 0.3) is 0 Å². The SMILES string of the molecule is CC1(C)CC(Nc2ccc(N)c(CC#N)c2)CC(C)(C)C1. The molecule has 0 aliphatic heterocycles. The fourth-order valence-electron chi connectivity index (χ4n) is 4.12. The second kappa shape index (κ2) is 5.60. The minimum Gasteiger partial charge on any atom is -0.398 e. The lowest BCUT2D eigenvalue weighted by atomic mass is 9.63. The van der Waals surface area contributed by atoms with Crippen LogP contribution in [-0.2, 0) is 6.42 Å². The predicted octanol–water partition coefficient (Wildman–Crippen LogP) is 4.35. The van der Waals surface area contributed by atoms with Gasteiger partial charge in [-0.25, -0.2) is 0 Å². The Balaban J connectivity index is 2.14. The molecule has 21 heavy (non-hydrogen) atoms. The van der Waals surface area contributed by atoms with Gasteiger partial charge >= 0.3 is 0 Å². The summed E-state index contributed by atoms with van der Waals surface area (Å²) in [6.07, 6.45) is 3.98. The smallest absolute Gasteiger partial charge is 0.0670 e. The highest BCUT2D eigenvalue weighted by molar-refractivity contribution is 5.58. The van der Waals surface area contributed by atoms with Crippen LogP contribution < -0.4 is 11.1 Å². The van der Waals surface area contributed by atoms with Crippen LogP contribution in [0.5, 0.6) is 0 Å². The Morgan fingerprint density at radius 2 is 1.86 bits per heavy atom. The van der Waals surface area contributed by atoms with Crippen LogP contribution in [0.4, 0.5) is 11.4 Å². The highest BCUT2D eigenvalue weighted by Crippen LogP contribution is 2.46. The van der Waals surface area contributed by atoms with E-state index in [0.29, 0.717) is 29.0 Å². The minimum atomic E-state index is 0.364. The van der Waals surface area contributed by atoms with Gasteiger partial charge in [-0.3, -0.25) is 0 Å². The first kappa shape index (κ1) is 15.7. The zero-order chi connectivity index (χ0) is 15.7. The van der Waals surface area contributed by atoms with Gasteiger partial charge in [0.15, 0.2) is 0 Å². The van der Waals surface area contributed by atoms with Crippen LogP contribution in [0.2, 0.25) is 0 Å². The van der Waals surface area contributed by atoms with Crippen LogP contribution >= 0.6 is 0 Å². The van der Waals surface area contributed by atoms with Crippen LogP contribution in [0.15, 0.2) is 18.2 Å². The van der Waals surface area contributed by atoms with Crippen molar-refractivity contribution in [2.24, 2.45) is 10.8 Å². The lowest BCUT2D eigenvalue weighted by Gasteiger charge is -2.45. The molecule has 0 radical (unpaired) electrons. The van der Waals surface area contributed by atoms with Crippen LogP contribution in [0.1, 0.15) is 52.5 Å². The summed E-state index contributed by atoms with van der Waals surface area (Å²) in [5, 5.41) is 12.5. The Bertz CT molecular complexity index is 536. The molecular weight excluding hydrogens is 258 g/mol. The summed E-state index contributed by atoms with van der Waals surface area (Å²) in [6, 6.07) is 8.59. The number of nitriles is 1. The molecule has 0 saturated heterocycles. The van der Waals surface area contributed by atoms with Gasteiger partial charge in [-0.1, -0.05) is 27.7 Å². The number of nitrogens with zero attached hydrogens (tertiary/aromatic N) is 1. The molecule has 114 valence electrons. The zero-order valence-electron chi connectivity index (χ0n) is 13.7. The number of hydrogen-bond donors (Lipinski definition) is 2. The highest BCUT2D eigenvalue weighted by atomic mass is 14.9. The molecule has 0 bridgehead atoms. The number of nitrogen functional groups attached to an aromatic ring is 1. The molecule has 1 aliphatic carbocycles. The van der Waals surface area contributed by atoms with Crippen molar-refractivity contribution in [1.82, 2.24) is 0 Å². The van der Waals surface area contributed by atoms with E-state index >= 15 is 0 Å². The summed E-state index contributed by atoms with van der Waals surface area (Å²) in [6.45, 7) is 9.42. The van der Waals surface area contributed by atoms with Crippen molar-refractivity contribution < 1.29 is 0 Å². The molecule has 0 heterocycles. The van der Waals surface area contributed by atoms with Crippen molar-refractivity contribution in [1.29, 1.82) is 5.26 Å². The average molecular weight is 285 g/mol. The van der Waals surface area contributed by atoms with Gasteiger partial charge in [-0.05, 0) is 53.9 Å². The van der Waals surface area contributed by atoms with Gasteiger partial charge in [-0.15, -0.1) is 0 Å². The molecule has 2 rings (SSSR count). The Labute approximate surface area is 128 Å². The largest absolute Gasteiger partial charge is 0.398 e. The molecule has 0 aromatic heterocycles. The number of nitrogens with one attached hydrogen (secondary N) is 1. The maximum atomic E-state index is 8.87. The maximum absolute atomic E-state index is 8.87. The summed E-state index contributed by atoms with van der Waals surface area (Å²) in [7, 11) is 0. The Kier molecular flexibility index (Phi) is 4.18. The van der Waals surface area contributed by atoms with Gasteiger partial charge in [-0.2, -0.15) is 5.26 Å². The fourth-order valence-corrected chi connectivity index (χ4v) is 4.12. The molecule has 0 amide bonds. The van der Waals surface area contributed by atoms with Gasteiger partial charge < -0.3 is 11.1 Å². The Morgan fingerprint density at radius 1 is 1.24 bits per heavy atom. The van der Waals surface area contributed by atoms with E-state index in [-0.39, 0.29) is 0 Å². The molecule has 3 nitrogen and oxygen atoms in total. The van der Waals surface area contributed by atoms with E-state index in [1.54, 1.807) is 0 Å². The summed E-state index contributed by atoms with van der Waals surface area (Å²) in [4.78, 5) is 0. The molecule has 1 aliphatic rings. The van der Waals surface area contributed by atoms with E-state index in [1.165, 1.54) is 19.3 Å². The molecule has 0 spiro atoms. The molecule has 3 heteroatoms. The standard InChI is InChI=1S/C18H27N3/c1-17(2)10-15(11-18(3,4)12-17)21-14-5-6-16(20)13(9-14)7-8-19/h5-6,9,15,21H,7,10-12,20H2,1-4H3. The van der Waals surface area contributed by atoms with E-state index < -0.39 is 0 Å². The first-order valence-electron chi connectivity index (χ1n) is 7.73. The molecular formula is C18H27N3. The predicted molar refractivity (Wildman–Crippen MR) is 89.0 cm³/mol. The van der Waals surface area contributed by atoms with Crippen molar-refractivity contribution in [3.63, 3.8) is 0 Å². The summed E-state index contributed by atoms with van der Waals surface area (Å²) in [5.74, 6) is 0. The van der Waals surface area contributed by atoms with Crippen LogP contribution in [0, 0.1) is 22.2 Å². The number of hydrogen-bond acceptors (Lipinski definition) is 3. The molecule has 0 unspecified atom stereocenters. The monoisotopic (exact) mass is 285 g/mol. The Hall–Kier alpha value is -1.69. The van der Waals surface area contributed by atoms with Crippen LogP contribution in [-0.4, -0.2) is 6.04 Å². The molecule has 1 aromatic rings. The van der Waals surface area contributed by atoms with E-state index in [1.807, 2.05) is 18.2 Å². The lowest BCUT2D eigenvalue weighted by Crippen LogP contribution is -2.40. The number of anilines is 2. The van der Waals surface area contributed by atoms with Gasteiger partial charge in [0.1, 0.15) is 0 Å². The van der Waals surface area contributed by atoms with Crippen molar-refractivity contribution in [2.75, 3.05) is 11.1 Å². The van der Waals surface area contributed by atoms with Crippen molar-refractivity contribution >= 4 is 11.4 Å². The van der Waals surface area contributed by atoms with E-state index in [2.05, 4.69) is 39.1 Å². The summed E-state index contributed by atoms with van der Waals surface area (Å²) in [5.41, 5.74) is 9.33. The third kappa shape index (κ3) is 4.14. The quantitative estimate of drug-likeness (QED) is 0.811. The number of rotatable bonds is 3. The summed E-state index contributed by atoms with van der Waals surface area (Å²) >= 11 is 0. The first-order valence-corrected chi connectivity index (χ1v) is 7.73. The van der Waals surface area contributed by atoms with E-state index in [0.717, 1.165) is 11.3 Å². The third-order valence-electron chi connectivity index (χ3n) is 4.34.